The van der Waals surface area contributed by atoms with E-state index >= 15 is 0 Å². The number of carbonyl (C=O) groups is 4. The molecule has 0 saturated carbocycles. The highest BCUT2D eigenvalue weighted by Crippen LogP contribution is 2.45. The standard InChI is InChI=1S/C81H158O17P2/c1-7-9-11-13-15-17-19-21-23-25-26-27-28-30-32-34-36-38-47-53-59-65-80(85)97-76(69-91-78(83)63-57-51-45-37-35-33-31-29-24-22-20-18-16-14-12-10-8-2)71-95-99(87,88)93-67-75(82)68-94-100(89,90)96-72-77(98-81(86)66-60-54-48-42-40-44-50-56-62-74(5)6)70-92-79(84)64-58-52-46-41-39-43-49-55-61-73(3)4/h73-77,82H,7-72H2,1-6H3,(H,87,88)(H,89,90)/t75-,76-,77-/m1/s1. The van der Waals surface area contributed by atoms with Gasteiger partial charge in [0.1, 0.15) is 19.3 Å². The van der Waals surface area contributed by atoms with Gasteiger partial charge in [-0.25, -0.2) is 9.13 Å². The van der Waals surface area contributed by atoms with Crippen molar-refractivity contribution in [1.82, 2.24) is 0 Å². The van der Waals surface area contributed by atoms with Gasteiger partial charge in [-0.05, 0) is 37.5 Å². The average Bonchev–Trinajstić information content (AvgIpc) is 0.914. The fraction of sp³-hybridized carbons (Fsp3) is 0.951. The van der Waals surface area contributed by atoms with Crippen LogP contribution in [0.15, 0.2) is 0 Å². The normalized spacial score (nSPS) is 13.9. The Hall–Kier alpha value is -1.94. The lowest BCUT2D eigenvalue weighted by Crippen LogP contribution is -2.30. The largest absolute Gasteiger partial charge is 0.472 e. The zero-order valence-electron chi connectivity index (χ0n) is 65.5. The number of rotatable bonds is 80. The van der Waals surface area contributed by atoms with E-state index in [9.17, 15) is 43.2 Å². The molecule has 19 heteroatoms. The Labute approximate surface area is 613 Å². The maximum atomic E-state index is 13.1. The number of unbranched alkanes of at least 4 members (excludes halogenated alkanes) is 50. The zero-order chi connectivity index (χ0) is 73.5. The van der Waals surface area contributed by atoms with E-state index in [4.69, 9.17) is 37.0 Å². The van der Waals surface area contributed by atoms with E-state index in [1.54, 1.807) is 0 Å². The Balaban J connectivity index is 5.21. The van der Waals surface area contributed by atoms with Gasteiger partial charge in [0, 0.05) is 25.7 Å². The van der Waals surface area contributed by atoms with Crippen LogP contribution in [0.5, 0.6) is 0 Å². The van der Waals surface area contributed by atoms with Crippen molar-refractivity contribution in [2.75, 3.05) is 39.6 Å². The predicted molar refractivity (Wildman–Crippen MR) is 409 cm³/mol. The van der Waals surface area contributed by atoms with Gasteiger partial charge in [0.05, 0.1) is 26.4 Å². The molecular weight excluding hydrogens is 1310 g/mol. The number of aliphatic hydroxyl groups is 1. The summed E-state index contributed by atoms with van der Waals surface area (Å²) < 4.78 is 68.7. The molecule has 0 heterocycles. The third kappa shape index (κ3) is 74.3. The second-order valence-electron chi connectivity index (χ2n) is 30.1. The molecule has 0 amide bonds. The van der Waals surface area contributed by atoms with Crippen molar-refractivity contribution >= 4 is 39.5 Å². The Morgan fingerprint density at radius 1 is 0.270 bits per heavy atom. The van der Waals surface area contributed by atoms with Crippen LogP contribution in [-0.2, 0) is 65.4 Å². The van der Waals surface area contributed by atoms with Crippen molar-refractivity contribution in [3.8, 4) is 0 Å². The summed E-state index contributed by atoms with van der Waals surface area (Å²) in [6.07, 6.45) is 62.7. The van der Waals surface area contributed by atoms with Crippen molar-refractivity contribution in [3.05, 3.63) is 0 Å². The van der Waals surface area contributed by atoms with E-state index in [-0.39, 0.29) is 25.7 Å². The van der Waals surface area contributed by atoms with Gasteiger partial charge in [-0.3, -0.25) is 37.3 Å². The van der Waals surface area contributed by atoms with Gasteiger partial charge in [-0.2, -0.15) is 0 Å². The molecule has 0 spiro atoms. The molecule has 0 aromatic carbocycles. The van der Waals surface area contributed by atoms with Crippen molar-refractivity contribution < 1.29 is 80.2 Å². The van der Waals surface area contributed by atoms with Crippen LogP contribution in [0, 0.1) is 11.8 Å². The number of phosphoric acid groups is 2. The summed E-state index contributed by atoms with van der Waals surface area (Å²) in [5.41, 5.74) is 0. The second-order valence-corrected chi connectivity index (χ2v) is 33.0. The quantitative estimate of drug-likeness (QED) is 0.0222. The molecule has 0 aliphatic rings. The maximum absolute atomic E-state index is 13.1. The molecule has 17 nitrogen and oxygen atoms in total. The monoisotopic (exact) mass is 1470 g/mol. The molecule has 0 aliphatic heterocycles. The fourth-order valence-electron chi connectivity index (χ4n) is 12.5. The fourth-order valence-corrected chi connectivity index (χ4v) is 14.1. The number of esters is 4. The molecule has 2 unspecified atom stereocenters. The Morgan fingerprint density at radius 2 is 0.460 bits per heavy atom. The van der Waals surface area contributed by atoms with Crippen LogP contribution in [0.3, 0.4) is 0 Å². The summed E-state index contributed by atoms with van der Waals surface area (Å²) in [6, 6.07) is 0. The number of ether oxygens (including phenoxy) is 4. The van der Waals surface area contributed by atoms with Crippen LogP contribution < -0.4 is 0 Å². The van der Waals surface area contributed by atoms with Gasteiger partial charge in [0.15, 0.2) is 12.2 Å². The number of carbonyl (C=O) groups excluding carboxylic acids is 4. The smallest absolute Gasteiger partial charge is 0.462 e. The summed E-state index contributed by atoms with van der Waals surface area (Å²) in [4.78, 5) is 73.0. The number of phosphoric ester groups is 2. The highest BCUT2D eigenvalue weighted by molar-refractivity contribution is 7.47. The topological polar surface area (TPSA) is 237 Å². The zero-order valence-corrected chi connectivity index (χ0v) is 67.3. The predicted octanol–water partition coefficient (Wildman–Crippen LogP) is 24.3. The summed E-state index contributed by atoms with van der Waals surface area (Å²) in [7, 11) is -9.92. The van der Waals surface area contributed by atoms with Crippen LogP contribution in [0.2, 0.25) is 0 Å². The highest BCUT2D eigenvalue weighted by atomic mass is 31.2. The molecule has 0 aromatic rings. The van der Waals surface area contributed by atoms with Gasteiger partial charge in [-0.15, -0.1) is 0 Å². The van der Waals surface area contributed by atoms with Crippen LogP contribution in [0.25, 0.3) is 0 Å². The van der Waals surface area contributed by atoms with Gasteiger partial charge >= 0.3 is 39.5 Å². The van der Waals surface area contributed by atoms with Gasteiger partial charge < -0.3 is 33.8 Å². The molecule has 0 saturated heterocycles. The molecule has 594 valence electrons. The van der Waals surface area contributed by atoms with Crippen molar-refractivity contribution in [3.63, 3.8) is 0 Å². The third-order valence-electron chi connectivity index (χ3n) is 19.0. The van der Waals surface area contributed by atoms with Gasteiger partial charge in [-0.1, -0.05) is 375 Å². The van der Waals surface area contributed by atoms with E-state index in [0.717, 1.165) is 102 Å². The summed E-state index contributed by atoms with van der Waals surface area (Å²) in [5.74, 6) is -0.668. The van der Waals surface area contributed by atoms with E-state index in [2.05, 4.69) is 41.5 Å². The van der Waals surface area contributed by atoms with Crippen molar-refractivity contribution in [2.45, 2.75) is 445 Å². The second kappa shape index (κ2) is 72.6. The molecule has 100 heavy (non-hydrogen) atoms. The Bertz CT molecular complexity index is 1920. The van der Waals surface area contributed by atoms with Crippen LogP contribution in [-0.4, -0.2) is 96.7 Å². The van der Waals surface area contributed by atoms with Crippen molar-refractivity contribution in [2.24, 2.45) is 11.8 Å². The lowest BCUT2D eigenvalue weighted by Gasteiger charge is -2.21. The number of hydrogen-bond acceptors (Lipinski definition) is 15. The minimum absolute atomic E-state index is 0.104. The SMILES string of the molecule is CCCCCCCCCCCCCCCCCCCCCCCC(=O)O[C@H](COC(=O)CCCCCCCCCCCCCCCCCCC)COP(=O)(O)OC[C@@H](O)COP(=O)(O)OC[C@@H](COC(=O)CCCCCCCCCCC(C)C)OC(=O)CCCCCCCCCCC(C)C. The molecule has 0 rings (SSSR count). The van der Waals surface area contributed by atoms with E-state index < -0.39 is 97.5 Å². The molecule has 0 aromatic heterocycles. The van der Waals surface area contributed by atoms with E-state index in [0.29, 0.717) is 25.7 Å². The Kier molecular flexibility index (Phi) is 71.2. The molecule has 5 atom stereocenters. The first-order valence-corrected chi connectivity index (χ1v) is 45.0. The van der Waals surface area contributed by atoms with Crippen LogP contribution in [0.4, 0.5) is 0 Å². The maximum Gasteiger partial charge on any atom is 0.472 e. The lowest BCUT2D eigenvalue weighted by molar-refractivity contribution is -0.161. The average molecular weight is 1470 g/mol. The van der Waals surface area contributed by atoms with E-state index in [1.165, 1.54) is 244 Å². The summed E-state index contributed by atoms with van der Waals surface area (Å²) in [6.45, 7) is 9.55. The van der Waals surface area contributed by atoms with Crippen LogP contribution in [0.1, 0.15) is 427 Å². The highest BCUT2D eigenvalue weighted by Gasteiger charge is 2.30. The molecular formula is C81H158O17P2. The Morgan fingerprint density at radius 3 is 0.680 bits per heavy atom. The first-order valence-electron chi connectivity index (χ1n) is 42.0. The molecule has 0 bridgehead atoms. The first-order chi connectivity index (χ1) is 48.4. The van der Waals surface area contributed by atoms with Crippen LogP contribution >= 0.6 is 15.6 Å². The minimum atomic E-state index is -4.96. The number of aliphatic hydroxyl groups excluding tert-OH is 1. The number of hydrogen-bond donors (Lipinski definition) is 3. The van der Waals surface area contributed by atoms with Gasteiger partial charge in [0.25, 0.3) is 0 Å². The molecule has 0 aliphatic carbocycles. The first kappa shape index (κ1) is 98.1. The molecule has 0 radical (unpaired) electrons. The molecule has 3 N–H and O–H groups in total. The third-order valence-corrected chi connectivity index (χ3v) is 20.9. The minimum Gasteiger partial charge on any atom is -0.462 e. The molecule has 0 fully saturated rings. The van der Waals surface area contributed by atoms with Crippen molar-refractivity contribution in [1.29, 1.82) is 0 Å². The van der Waals surface area contributed by atoms with E-state index in [1.807, 2.05) is 0 Å². The summed E-state index contributed by atoms with van der Waals surface area (Å²) >= 11 is 0. The van der Waals surface area contributed by atoms with Gasteiger partial charge in [0.2, 0.25) is 0 Å². The summed E-state index contributed by atoms with van der Waals surface area (Å²) in [5, 5.41) is 10.6. The lowest BCUT2D eigenvalue weighted by atomic mass is 10.0.